The Hall–Kier alpha value is -3.14. The molecule has 2 N–H and O–H groups in total. The highest BCUT2D eigenvalue weighted by atomic mass is 16.1. The third-order valence-corrected chi connectivity index (χ3v) is 21.3. The van der Waals surface area contributed by atoms with Gasteiger partial charge in [-0.15, -0.1) is 0 Å². The Labute approximate surface area is 600 Å². The number of aryl methyl sites for hydroxylation is 4. The lowest BCUT2D eigenvalue weighted by Crippen LogP contribution is -2.20. The second-order valence-corrected chi connectivity index (χ2v) is 30.5. The van der Waals surface area contributed by atoms with E-state index in [1.165, 1.54) is 433 Å². The Bertz CT molecular complexity index is 1890. The van der Waals surface area contributed by atoms with Gasteiger partial charge in [-0.3, -0.25) is 9.59 Å². The molecule has 0 aliphatic heterocycles. The van der Waals surface area contributed by atoms with Crippen molar-refractivity contribution in [3.05, 3.63) is 94.3 Å². The van der Waals surface area contributed by atoms with E-state index in [-0.39, 0.29) is 11.6 Å². The van der Waals surface area contributed by atoms with E-state index in [4.69, 9.17) is 0 Å². The minimum Gasteiger partial charge on any atom is -0.389 e. The minimum absolute atomic E-state index is 0.0633. The van der Waals surface area contributed by atoms with Crippen LogP contribution in [0, 0.1) is 0 Å². The number of hydrogen-bond acceptors (Lipinski definition) is 4. The maximum atomic E-state index is 13.6. The van der Waals surface area contributed by atoms with Gasteiger partial charge in [0.25, 0.3) is 0 Å². The van der Waals surface area contributed by atoms with Crippen LogP contribution in [0.25, 0.3) is 0 Å². The fraction of sp³-hybridized carbons (Fsp3) is 0.804. The number of allylic oxidation sites excluding steroid dienone is 2. The second kappa shape index (κ2) is 71.7. The van der Waals surface area contributed by atoms with E-state index >= 15 is 0 Å². The summed E-state index contributed by atoms with van der Waals surface area (Å²) in [5.41, 5.74) is 7.31. The topological polar surface area (TPSA) is 58.2 Å². The molecule has 0 unspecified atom stereocenters. The molecule has 0 atom stereocenters. The van der Waals surface area contributed by atoms with Crippen molar-refractivity contribution in [3.63, 3.8) is 0 Å². The number of rotatable bonds is 77. The highest BCUT2D eigenvalue weighted by Gasteiger charge is 2.12. The van der Waals surface area contributed by atoms with Crippen molar-refractivity contribution >= 4 is 11.6 Å². The molecule has 0 radical (unpaired) electrons. The number of benzene rings is 2. The van der Waals surface area contributed by atoms with Gasteiger partial charge in [-0.1, -0.05) is 437 Å². The normalized spacial score (nSPS) is 11.8. The molecule has 96 heavy (non-hydrogen) atoms. The number of hydrogen-bond donors (Lipinski definition) is 2. The molecule has 0 fully saturated rings. The van der Waals surface area contributed by atoms with Gasteiger partial charge in [-0.2, -0.15) is 0 Å². The molecule has 0 saturated carbocycles. The maximum Gasteiger partial charge on any atom is 0.187 e. The van der Waals surface area contributed by atoms with Gasteiger partial charge in [0.1, 0.15) is 0 Å². The van der Waals surface area contributed by atoms with Crippen LogP contribution < -0.4 is 10.6 Å². The van der Waals surface area contributed by atoms with Gasteiger partial charge in [0.15, 0.2) is 11.6 Å². The van der Waals surface area contributed by atoms with Crippen molar-refractivity contribution in [2.24, 2.45) is 0 Å². The molecule has 4 heteroatoms. The summed E-state index contributed by atoms with van der Waals surface area (Å²) in [6.07, 6.45) is 100. The largest absolute Gasteiger partial charge is 0.389 e. The average molecular weight is 1330 g/mol. The predicted octanol–water partition coefficient (Wildman–Crippen LogP) is 30.2. The molecule has 0 amide bonds. The van der Waals surface area contributed by atoms with E-state index in [0.29, 0.717) is 13.1 Å². The molecule has 0 spiro atoms. The molecule has 0 aliphatic carbocycles. The van der Waals surface area contributed by atoms with Crippen LogP contribution in [0.5, 0.6) is 0 Å². The monoisotopic (exact) mass is 1330 g/mol. The van der Waals surface area contributed by atoms with Gasteiger partial charge in [0, 0.05) is 48.8 Å². The Morgan fingerprint density at radius 2 is 0.396 bits per heavy atom. The Morgan fingerprint density at radius 1 is 0.229 bits per heavy atom. The number of carbonyl (C=O) groups excluding carboxylic acids is 2. The first kappa shape index (κ1) is 88.9. The fourth-order valence-corrected chi connectivity index (χ4v) is 14.7. The lowest BCUT2D eigenvalue weighted by Gasteiger charge is -2.12. The molecule has 0 saturated heterocycles. The molecular formula is C92H164N2O2. The van der Waals surface area contributed by atoms with Crippen LogP contribution in [0.3, 0.4) is 0 Å². The third kappa shape index (κ3) is 56.6. The SMILES string of the molecule is CCCCCCCCCCCCCCCCCCc1ccc(C(=O)/C=C/NCCN/C=C/C(=O)c2ccc(CCCCCCCCCCCCCCCCCC)c(CCCCCCCCCCCCCCCCCC)c2)cc1CCCCCCCCCCCCCCCCCC. The number of ketones is 2. The lowest BCUT2D eigenvalue weighted by atomic mass is 9.93. The zero-order valence-electron chi connectivity index (χ0n) is 65.1. The molecule has 4 nitrogen and oxygen atoms in total. The first-order valence-corrected chi connectivity index (χ1v) is 43.7. The van der Waals surface area contributed by atoms with E-state index in [2.05, 4.69) is 74.7 Å². The minimum atomic E-state index is 0.0633. The van der Waals surface area contributed by atoms with Crippen LogP contribution in [0.15, 0.2) is 61.0 Å². The summed E-state index contributed by atoms with van der Waals surface area (Å²) >= 11 is 0. The van der Waals surface area contributed by atoms with Crippen LogP contribution in [0.1, 0.15) is 482 Å². The quantitative estimate of drug-likeness (QED) is 0.0394. The molecule has 2 aromatic carbocycles. The second-order valence-electron chi connectivity index (χ2n) is 30.5. The Morgan fingerprint density at radius 3 is 0.583 bits per heavy atom. The molecule has 0 aliphatic rings. The smallest absolute Gasteiger partial charge is 0.187 e. The van der Waals surface area contributed by atoms with Crippen molar-refractivity contribution < 1.29 is 9.59 Å². The molecule has 554 valence electrons. The summed E-state index contributed by atoms with van der Waals surface area (Å²) < 4.78 is 0. The lowest BCUT2D eigenvalue weighted by molar-refractivity contribution is 0.103. The van der Waals surface area contributed by atoms with Crippen molar-refractivity contribution in [2.45, 2.75) is 464 Å². The van der Waals surface area contributed by atoms with Crippen molar-refractivity contribution in [3.8, 4) is 0 Å². The van der Waals surface area contributed by atoms with Crippen LogP contribution >= 0.6 is 0 Å². The van der Waals surface area contributed by atoms with Crippen molar-refractivity contribution in [2.75, 3.05) is 13.1 Å². The van der Waals surface area contributed by atoms with E-state index in [0.717, 1.165) is 36.8 Å². The Balaban J connectivity index is 1.85. The third-order valence-electron chi connectivity index (χ3n) is 21.3. The van der Waals surface area contributed by atoms with Gasteiger partial charge in [-0.25, -0.2) is 0 Å². The van der Waals surface area contributed by atoms with Gasteiger partial charge >= 0.3 is 0 Å². The maximum absolute atomic E-state index is 13.6. The van der Waals surface area contributed by atoms with E-state index in [1.54, 1.807) is 24.6 Å². The molecule has 0 heterocycles. The van der Waals surface area contributed by atoms with Crippen LogP contribution in [-0.2, 0) is 25.7 Å². The zero-order chi connectivity index (χ0) is 68.6. The predicted molar refractivity (Wildman–Crippen MR) is 429 cm³/mol. The molecule has 2 rings (SSSR count). The first-order valence-electron chi connectivity index (χ1n) is 43.7. The summed E-state index contributed by atoms with van der Waals surface area (Å²) in [7, 11) is 0. The van der Waals surface area contributed by atoms with Gasteiger partial charge < -0.3 is 10.6 Å². The number of carbonyl (C=O) groups is 2. The standard InChI is InChI=1S/C92H164N2O2/c1-5-9-13-17-21-25-29-33-37-41-45-49-53-57-61-65-69-85-73-75-89(83-87(85)71-67-63-59-55-51-47-43-39-35-31-27-23-19-15-11-7-3)91(95)77-79-93-81-82-94-80-78-92(96)90-76-74-86(70-66-62-58-54-50-46-42-38-34-30-26-22-18-14-10-6-2)88(84-90)72-68-64-60-56-52-48-44-40-36-32-28-24-20-16-12-8-4/h73-80,83-84,93-94H,5-72,81-82H2,1-4H3/b79-77+,80-78+. The van der Waals surface area contributed by atoms with Crippen LogP contribution in [0.4, 0.5) is 0 Å². The van der Waals surface area contributed by atoms with Gasteiger partial charge in [0.2, 0.25) is 0 Å². The summed E-state index contributed by atoms with van der Waals surface area (Å²) in [5.74, 6) is 0.127. The molecular weight excluding hydrogens is 1170 g/mol. The van der Waals surface area contributed by atoms with E-state index in [9.17, 15) is 9.59 Å². The van der Waals surface area contributed by atoms with Crippen molar-refractivity contribution in [1.82, 2.24) is 10.6 Å². The van der Waals surface area contributed by atoms with Gasteiger partial charge in [-0.05, 0) is 85.8 Å². The van der Waals surface area contributed by atoms with Crippen LogP contribution in [-0.4, -0.2) is 24.7 Å². The highest BCUT2D eigenvalue weighted by Crippen LogP contribution is 2.25. The number of unbranched alkanes of at least 4 members (excludes halogenated alkanes) is 60. The summed E-state index contributed by atoms with van der Waals surface area (Å²) in [6.45, 7) is 10.5. The van der Waals surface area contributed by atoms with E-state index in [1.807, 2.05) is 0 Å². The van der Waals surface area contributed by atoms with E-state index < -0.39 is 0 Å². The average Bonchev–Trinajstić information content (AvgIpc) is 0.958. The zero-order valence-corrected chi connectivity index (χ0v) is 65.1. The molecule has 0 aromatic heterocycles. The first-order chi connectivity index (χ1) is 47.5. The molecule has 0 bridgehead atoms. The van der Waals surface area contributed by atoms with Crippen molar-refractivity contribution in [1.29, 1.82) is 0 Å². The molecule has 2 aromatic rings. The number of nitrogens with one attached hydrogen (secondary N) is 2. The van der Waals surface area contributed by atoms with Gasteiger partial charge in [0.05, 0.1) is 0 Å². The highest BCUT2D eigenvalue weighted by molar-refractivity contribution is 6.05. The summed E-state index contributed by atoms with van der Waals surface area (Å²) in [6, 6.07) is 13.2. The summed E-state index contributed by atoms with van der Waals surface area (Å²) in [4.78, 5) is 27.2. The Kier molecular flexibility index (Phi) is 66.4. The van der Waals surface area contributed by atoms with Crippen LogP contribution in [0.2, 0.25) is 0 Å². The fourth-order valence-electron chi connectivity index (χ4n) is 14.7. The summed E-state index contributed by atoms with van der Waals surface area (Å²) in [5, 5.41) is 6.65.